The molecule has 92 valence electrons. The number of ether oxygens (including phenoxy) is 1. The van der Waals surface area contributed by atoms with E-state index in [0.717, 1.165) is 5.75 Å². The predicted molar refractivity (Wildman–Crippen MR) is 63.3 cm³/mol. The number of hydrogen-bond acceptors (Lipinski definition) is 3. The molecule has 17 heavy (non-hydrogen) atoms. The van der Waals surface area contributed by atoms with Crippen LogP contribution in [0.3, 0.4) is 0 Å². The van der Waals surface area contributed by atoms with E-state index in [4.69, 9.17) is 9.84 Å². The number of rotatable bonds is 3. The highest BCUT2D eigenvalue weighted by molar-refractivity contribution is 5.65. The maximum absolute atomic E-state index is 10.8. The molecule has 0 spiro atoms. The monoisotopic (exact) mass is 236 g/mol. The minimum Gasteiger partial charge on any atom is -0.492 e. The fraction of sp³-hybridized carbons (Fsp3) is 0.417. The quantitative estimate of drug-likeness (QED) is 0.822. The molecule has 1 saturated heterocycles. The average molecular weight is 236 g/mol. The van der Waals surface area contributed by atoms with Gasteiger partial charge in [-0.1, -0.05) is 18.2 Å². The van der Waals surface area contributed by atoms with Crippen molar-refractivity contribution >= 4 is 6.09 Å². The smallest absolute Gasteiger partial charge is 0.407 e. The fourth-order valence-corrected chi connectivity index (χ4v) is 1.82. The summed E-state index contributed by atoms with van der Waals surface area (Å²) in [5, 5.41) is 12.1. The molecule has 1 aromatic carbocycles. The zero-order valence-electron chi connectivity index (χ0n) is 9.50. The minimum absolute atomic E-state index is 0.0556. The Morgan fingerprint density at radius 1 is 1.47 bits per heavy atom. The number of hydrogen-bond donors (Lipinski definition) is 2. The van der Waals surface area contributed by atoms with Gasteiger partial charge < -0.3 is 20.1 Å². The van der Waals surface area contributed by atoms with Crippen LogP contribution in [-0.4, -0.2) is 48.4 Å². The lowest BCUT2D eigenvalue weighted by molar-refractivity contribution is 0.118. The Hall–Kier alpha value is -1.75. The Balaban J connectivity index is 1.81. The van der Waals surface area contributed by atoms with Gasteiger partial charge in [0, 0.05) is 19.6 Å². The second kappa shape index (κ2) is 5.54. The molecule has 5 heteroatoms. The lowest BCUT2D eigenvalue weighted by Gasteiger charge is -2.31. The van der Waals surface area contributed by atoms with Crippen molar-refractivity contribution in [1.82, 2.24) is 10.2 Å². The molecule has 2 rings (SSSR count). The van der Waals surface area contributed by atoms with Crippen LogP contribution >= 0.6 is 0 Å². The van der Waals surface area contributed by atoms with Crippen molar-refractivity contribution in [2.75, 3.05) is 26.2 Å². The summed E-state index contributed by atoms with van der Waals surface area (Å²) in [6.45, 7) is 2.17. The number of carbonyl (C=O) groups is 1. The van der Waals surface area contributed by atoms with Crippen molar-refractivity contribution < 1.29 is 14.6 Å². The first kappa shape index (κ1) is 11.7. The van der Waals surface area contributed by atoms with Crippen LogP contribution in [0.25, 0.3) is 0 Å². The number of piperazine rings is 1. The normalized spacial score (nSPS) is 20.0. The molecule has 5 nitrogen and oxygen atoms in total. The number of para-hydroxylation sites is 1. The zero-order valence-corrected chi connectivity index (χ0v) is 9.50. The van der Waals surface area contributed by atoms with Gasteiger partial charge in [0.2, 0.25) is 0 Å². The largest absolute Gasteiger partial charge is 0.492 e. The molecular weight excluding hydrogens is 220 g/mol. The first-order valence-corrected chi connectivity index (χ1v) is 5.65. The molecule has 1 aromatic rings. The van der Waals surface area contributed by atoms with Crippen LogP contribution in [0.5, 0.6) is 5.75 Å². The van der Waals surface area contributed by atoms with Crippen molar-refractivity contribution in [3.8, 4) is 5.75 Å². The Kier molecular flexibility index (Phi) is 3.82. The van der Waals surface area contributed by atoms with E-state index < -0.39 is 6.09 Å². The molecular formula is C12H16N2O3. The molecule has 1 heterocycles. The van der Waals surface area contributed by atoms with Gasteiger partial charge in [0.25, 0.3) is 0 Å². The van der Waals surface area contributed by atoms with Gasteiger partial charge in [0.05, 0.1) is 6.04 Å². The molecule has 0 saturated carbocycles. The highest BCUT2D eigenvalue weighted by atomic mass is 16.5. The van der Waals surface area contributed by atoms with Crippen LogP contribution in [-0.2, 0) is 0 Å². The van der Waals surface area contributed by atoms with E-state index in [2.05, 4.69) is 5.32 Å². The molecule has 1 amide bonds. The first-order valence-electron chi connectivity index (χ1n) is 5.65. The second-order valence-corrected chi connectivity index (χ2v) is 4.00. The predicted octanol–water partition coefficient (Wildman–Crippen LogP) is 1.02. The standard InChI is InChI=1S/C12H16N2O3/c15-12(16)14-7-6-13-10(8-14)9-17-11-4-2-1-3-5-11/h1-5,10,13H,6-9H2,(H,15,16). The van der Waals surface area contributed by atoms with Gasteiger partial charge in [-0.05, 0) is 12.1 Å². The van der Waals surface area contributed by atoms with Crippen LogP contribution in [0.15, 0.2) is 30.3 Å². The molecule has 1 fully saturated rings. The third-order valence-electron chi connectivity index (χ3n) is 2.72. The molecule has 1 unspecified atom stereocenters. The van der Waals surface area contributed by atoms with Crippen LogP contribution in [0, 0.1) is 0 Å². The molecule has 0 bridgehead atoms. The summed E-state index contributed by atoms with van der Waals surface area (Å²) >= 11 is 0. The molecule has 1 atom stereocenters. The number of nitrogens with zero attached hydrogens (tertiary/aromatic N) is 1. The SMILES string of the molecule is O=C(O)N1CCNC(COc2ccccc2)C1. The lowest BCUT2D eigenvalue weighted by Crippen LogP contribution is -2.54. The van der Waals surface area contributed by atoms with Crippen LogP contribution < -0.4 is 10.1 Å². The fourth-order valence-electron chi connectivity index (χ4n) is 1.82. The van der Waals surface area contributed by atoms with Crippen LogP contribution in [0.1, 0.15) is 0 Å². The molecule has 2 N–H and O–H groups in total. The van der Waals surface area contributed by atoms with Gasteiger partial charge >= 0.3 is 6.09 Å². The van der Waals surface area contributed by atoms with Gasteiger partial charge in [-0.3, -0.25) is 0 Å². The molecule has 0 aromatic heterocycles. The summed E-state index contributed by atoms with van der Waals surface area (Å²) < 4.78 is 5.59. The summed E-state index contributed by atoms with van der Waals surface area (Å²) in [6, 6.07) is 9.58. The van der Waals surface area contributed by atoms with E-state index in [-0.39, 0.29) is 6.04 Å². The van der Waals surface area contributed by atoms with E-state index in [1.165, 1.54) is 4.90 Å². The van der Waals surface area contributed by atoms with E-state index in [1.54, 1.807) is 0 Å². The molecule has 0 aliphatic carbocycles. The van der Waals surface area contributed by atoms with E-state index in [9.17, 15) is 4.79 Å². The van der Waals surface area contributed by atoms with Crippen molar-refractivity contribution in [2.45, 2.75) is 6.04 Å². The Morgan fingerprint density at radius 3 is 2.94 bits per heavy atom. The highest BCUT2D eigenvalue weighted by Crippen LogP contribution is 2.09. The summed E-state index contributed by atoms with van der Waals surface area (Å²) in [5.74, 6) is 0.807. The molecule has 1 aliphatic heterocycles. The summed E-state index contributed by atoms with van der Waals surface area (Å²) in [5.41, 5.74) is 0. The van der Waals surface area contributed by atoms with Crippen molar-refractivity contribution in [2.24, 2.45) is 0 Å². The van der Waals surface area contributed by atoms with Gasteiger partial charge in [-0.15, -0.1) is 0 Å². The summed E-state index contributed by atoms with van der Waals surface area (Å²) in [6.07, 6.45) is -0.865. The van der Waals surface area contributed by atoms with Crippen molar-refractivity contribution in [1.29, 1.82) is 0 Å². The number of benzene rings is 1. The Morgan fingerprint density at radius 2 is 2.24 bits per heavy atom. The van der Waals surface area contributed by atoms with Gasteiger partial charge in [0.15, 0.2) is 0 Å². The number of amides is 1. The zero-order chi connectivity index (χ0) is 12.1. The minimum atomic E-state index is -0.865. The van der Waals surface area contributed by atoms with Gasteiger partial charge in [0.1, 0.15) is 12.4 Å². The molecule has 0 radical (unpaired) electrons. The van der Waals surface area contributed by atoms with E-state index in [0.29, 0.717) is 26.2 Å². The van der Waals surface area contributed by atoms with E-state index >= 15 is 0 Å². The average Bonchev–Trinajstić information content (AvgIpc) is 2.38. The van der Waals surface area contributed by atoms with Crippen molar-refractivity contribution in [3.63, 3.8) is 0 Å². The highest BCUT2D eigenvalue weighted by Gasteiger charge is 2.22. The second-order valence-electron chi connectivity index (χ2n) is 4.00. The van der Waals surface area contributed by atoms with Crippen LogP contribution in [0.4, 0.5) is 4.79 Å². The number of carboxylic acid groups (broad SMARTS) is 1. The Labute approximate surface area is 100.0 Å². The van der Waals surface area contributed by atoms with Crippen molar-refractivity contribution in [3.05, 3.63) is 30.3 Å². The third-order valence-corrected chi connectivity index (χ3v) is 2.72. The Bertz CT molecular complexity index is 369. The maximum atomic E-state index is 10.8. The number of nitrogens with one attached hydrogen (secondary N) is 1. The first-order chi connectivity index (χ1) is 8.25. The summed E-state index contributed by atoms with van der Waals surface area (Å²) in [7, 11) is 0. The van der Waals surface area contributed by atoms with Gasteiger partial charge in [-0.2, -0.15) is 0 Å². The third kappa shape index (κ3) is 3.35. The molecule has 1 aliphatic rings. The lowest BCUT2D eigenvalue weighted by atomic mass is 10.2. The summed E-state index contributed by atoms with van der Waals surface area (Å²) in [4.78, 5) is 12.2. The van der Waals surface area contributed by atoms with Crippen LogP contribution in [0.2, 0.25) is 0 Å². The van der Waals surface area contributed by atoms with E-state index in [1.807, 2.05) is 30.3 Å². The topological polar surface area (TPSA) is 61.8 Å². The maximum Gasteiger partial charge on any atom is 0.407 e. The van der Waals surface area contributed by atoms with Gasteiger partial charge in [-0.25, -0.2) is 4.79 Å².